The molecule has 0 aliphatic rings. The van der Waals surface area contributed by atoms with E-state index in [9.17, 15) is 9.59 Å². The van der Waals surface area contributed by atoms with Crippen molar-refractivity contribution in [2.75, 3.05) is 13.7 Å². The largest absolute Gasteiger partial charge is 0.467 e. The number of carbonyl (C=O) groups is 2. The fourth-order valence-corrected chi connectivity index (χ4v) is 2.80. The Bertz CT molecular complexity index is 516. The third-order valence-electron chi connectivity index (χ3n) is 3.38. The number of methoxy groups -OCH3 is 1. The zero-order valence-corrected chi connectivity index (χ0v) is 15.4. The number of esters is 1. The number of rotatable bonds is 8. The number of nitrogens with zero attached hydrogens (tertiary/aromatic N) is 2. The molecule has 0 fully saturated rings. The number of unbranched alkanes of at least 4 members (excludes halogenated alkanes) is 1. The molecule has 1 heterocycles. The van der Waals surface area contributed by atoms with E-state index < -0.39 is 12.0 Å². The number of hydrogen-bond acceptors (Lipinski definition) is 5. The predicted molar refractivity (Wildman–Crippen MR) is 91.5 cm³/mol. The van der Waals surface area contributed by atoms with E-state index in [0.29, 0.717) is 19.0 Å². The minimum absolute atomic E-state index is 0.268. The lowest BCUT2D eigenvalue weighted by Crippen LogP contribution is -2.47. The van der Waals surface area contributed by atoms with Crippen molar-refractivity contribution < 1.29 is 14.3 Å². The van der Waals surface area contributed by atoms with Crippen molar-refractivity contribution in [3.63, 3.8) is 0 Å². The van der Waals surface area contributed by atoms with Gasteiger partial charge in [0.05, 0.1) is 24.4 Å². The molecule has 0 spiro atoms. The molecule has 1 rings (SSSR count). The smallest absolute Gasteiger partial charge is 0.328 e. The van der Waals surface area contributed by atoms with Gasteiger partial charge in [-0.05, 0) is 13.3 Å². The first-order valence-electron chi connectivity index (χ1n) is 7.96. The van der Waals surface area contributed by atoms with Gasteiger partial charge < -0.3 is 15.0 Å². The van der Waals surface area contributed by atoms with Gasteiger partial charge in [0.15, 0.2) is 0 Å². The lowest BCUT2D eigenvalue weighted by atomic mass is 10.2. The maximum atomic E-state index is 12.4. The van der Waals surface area contributed by atoms with E-state index in [1.807, 2.05) is 5.38 Å². The zero-order chi connectivity index (χ0) is 17.4. The normalized spacial score (nSPS) is 12.1. The highest BCUT2D eigenvalue weighted by Gasteiger charge is 2.21. The van der Waals surface area contributed by atoms with Crippen molar-refractivity contribution in [1.82, 2.24) is 15.2 Å². The van der Waals surface area contributed by atoms with Crippen LogP contribution in [0.5, 0.6) is 0 Å². The molecule has 0 saturated carbocycles. The number of urea groups is 1. The van der Waals surface area contributed by atoms with E-state index in [-0.39, 0.29) is 6.03 Å². The Labute approximate surface area is 142 Å². The molecule has 0 aromatic carbocycles. The summed E-state index contributed by atoms with van der Waals surface area (Å²) in [5.74, 6) is -0.0736. The molecule has 130 valence electrons. The van der Waals surface area contributed by atoms with E-state index in [0.717, 1.165) is 23.5 Å². The van der Waals surface area contributed by atoms with Crippen LogP contribution in [-0.4, -0.2) is 41.6 Å². The van der Waals surface area contributed by atoms with Crippen molar-refractivity contribution in [2.24, 2.45) is 0 Å². The highest BCUT2D eigenvalue weighted by Crippen LogP contribution is 2.20. The molecule has 0 aliphatic carbocycles. The monoisotopic (exact) mass is 341 g/mol. The lowest BCUT2D eigenvalue weighted by molar-refractivity contribution is -0.142. The number of amides is 2. The molecule has 23 heavy (non-hydrogen) atoms. The Balaban J connectivity index is 2.73. The molecule has 1 aromatic heterocycles. The quantitative estimate of drug-likeness (QED) is 0.737. The first-order chi connectivity index (χ1) is 10.9. The van der Waals surface area contributed by atoms with Crippen LogP contribution in [-0.2, 0) is 16.1 Å². The third kappa shape index (κ3) is 6.17. The average molecular weight is 341 g/mol. The molecule has 0 radical (unpaired) electrons. The number of nitrogens with one attached hydrogen (secondary N) is 1. The second-order valence-electron chi connectivity index (χ2n) is 5.80. The van der Waals surface area contributed by atoms with Crippen LogP contribution in [0.25, 0.3) is 0 Å². The van der Waals surface area contributed by atoms with E-state index in [4.69, 9.17) is 0 Å². The van der Waals surface area contributed by atoms with Crippen LogP contribution in [0.3, 0.4) is 0 Å². The highest BCUT2D eigenvalue weighted by atomic mass is 32.1. The van der Waals surface area contributed by atoms with Crippen molar-refractivity contribution in [1.29, 1.82) is 0 Å². The molecule has 0 saturated heterocycles. The van der Waals surface area contributed by atoms with Gasteiger partial charge in [-0.15, -0.1) is 11.3 Å². The molecule has 6 nitrogen and oxygen atoms in total. The Kier molecular flexibility index (Phi) is 8.02. The molecule has 1 N–H and O–H groups in total. The van der Waals surface area contributed by atoms with Gasteiger partial charge in [-0.2, -0.15) is 0 Å². The van der Waals surface area contributed by atoms with Gasteiger partial charge in [-0.25, -0.2) is 14.6 Å². The van der Waals surface area contributed by atoms with Gasteiger partial charge in [0.1, 0.15) is 6.04 Å². The van der Waals surface area contributed by atoms with E-state index in [2.05, 4.69) is 35.8 Å². The Hall–Kier alpha value is -1.63. The van der Waals surface area contributed by atoms with Crippen LogP contribution in [0.15, 0.2) is 5.38 Å². The van der Waals surface area contributed by atoms with Crippen LogP contribution >= 0.6 is 11.3 Å². The average Bonchev–Trinajstić information content (AvgIpc) is 2.99. The summed E-state index contributed by atoms with van der Waals surface area (Å²) in [6.07, 6.45) is 1.89. The van der Waals surface area contributed by atoms with Crippen LogP contribution in [0.4, 0.5) is 4.79 Å². The van der Waals surface area contributed by atoms with Gasteiger partial charge in [0, 0.05) is 17.8 Å². The molecular formula is C16H27N3O3S. The third-order valence-corrected chi connectivity index (χ3v) is 4.57. The summed E-state index contributed by atoms with van der Waals surface area (Å²) in [5, 5.41) is 5.74. The molecular weight excluding hydrogens is 314 g/mol. The van der Waals surface area contributed by atoms with Crippen molar-refractivity contribution in [3.8, 4) is 0 Å². The molecule has 1 aromatic rings. The lowest BCUT2D eigenvalue weighted by Gasteiger charge is -2.23. The summed E-state index contributed by atoms with van der Waals surface area (Å²) in [4.78, 5) is 30.1. The van der Waals surface area contributed by atoms with E-state index in [1.165, 1.54) is 7.11 Å². The number of carbonyl (C=O) groups excluding carboxylic acids is 2. The summed E-state index contributed by atoms with van der Waals surface area (Å²) in [7, 11) is 1.31. The van der Waals surface area contributed by atoms with Crippen LogP contribution in [0, 0.1) is 0 Å². The fraction of sp³-hybridized carbons (Fsp3) is 0.688. The molecule has 0 aliphatic heterocycles. The summed E-state index contributed by atoms with van der Waals surface area (Å²) in [5.41, 5.74) is 0.885. The van der Waals surface area contributed by atoms with Crippen molar-refractivity contribution >= 4 is 23.3 Å². The molecule has 7 heteroatoms. The highest BCUT2D eigenvalue weighted by molar-refractivity contribution is 7.09. The zero-order valence-electron chi connectivity index (χ0n) is 14.6. The molecule has 1 atom stereocenters. The number of aromatic nitrogens is 1. The summed E-state index contributed by atoms with van der Waals surface area (Å²) in [6, 6.07) is -0.936. The molecule has 2 amide bonds. The van der Waals surface area contributed by atoms with Gasteiger partial charge in [0.25, 0.3) is 0 Å². The Morgan fingerprint density at radius 1 is 1.39 bits per heavy atom. The minimum atomic E-state index is -0.668. The topological polar surface area (TPSA) is 71.5 Å². The first-order valence-corrected chi connectivity index (χ1v) is 8.84. The SMILES string of the molecule is CCCCN(Cc1csc(C(C)C)n1)C(=O)N[C@@H](C)C(=O)OC. The molecule has 0 bridgehead atoms. The van der Waals surface area contributed by atoms with Gasteiger partial charge in [-0.1, -0.05) is 27.2 Å². The van der Waals surface area contributed by atoms with Crippen LogP contribution in [0.2, 0.25) is 0 Å². The van der Waals surface area contributed by atoms with Gasteiger partial charge >= 0.3 is 12.0 Å². The maximum Gasteiger partial charge on any atom is 0.328 e. The number of ether oxygens (including phenoxy) is 1. The maximum absolute atomic E-state index is 12.4. The predicted octanol–water partition coefficient (Wildman–Crippen LogP) is 3.14. The van der Waals surface area contributed by atoms with Crippen LogP contribution in [0.1, 0.15) is 57.2 Å². The van der Waals surface area contributed by atoms with Gasteiger partial charge in [-0.3, -0.25) is 0 Å². The summed E-state index contributed by atoms with van der Waals surface area (Å²) in [6.45, 7) is 8.96. The first kappa shape index (κ1) is 19.4. The number of hydrogen-bond donors (Lipinski definition) is 1. The van der Waals surface area contributed by atoms with E-state index >= 15 is 0 Å². The fourth-order valence-electron chi connectivity index (χ4n) is 1.97. The van der Waals surface area contributed by atoms with Crippen molar-refractivity contribution in [2.45, 2.75) is 59.0 Å². The minimum Gasteiger partial charge on any atom is -0.467 e. The summed E-state index contributed by atoms with van der Waals surface area (Å²) >= 11 is 1.61. The van der Waals surface area contributed by atoms with Crippen LogP contribution < -0.4 is 5.32 Å². The number of thiazole rings is 1. The van der Waals surface area contributed by atoms with Gasteiger partial charge in [0.2, 0.25) is 0 Å². The standard InChI is InChI=1S/C16H27N3O3S/c1-6-7-8-19(16(21)17-12(4)15(20)22-5)9-13-10-23-14(18-13)11(2)3/h10-12H,6-9H2,1-5H3,(H,17,21)/t12-/m0/s1. The Morgan fingerprint density at radius 2 is 2.09 bits per heavy atom. The Morgan fingerprint density at radius 3 is 2.61 bits per heavy atom. The second kappa shape index (κ2) is 9.50. The molecule has 0 unspecified atom stereocenters. The van der Waals surface area contributed by atoms with Crippen molar-refractivity contribution in [3.05, 3.63) is 16.1 Å². The van der Waals surface area contributed by atoms with E-state index in [1.54, 1.807) is 23.2 Å². The second-order valence-corrected chi connectivity index (χ2v) is 6.69. The summed E-state index contributed by atoms with van der Waals surface area (Å²) < 4.78 is 4.64.